The maximum atomic E-state index is 12.6. The Labute approximate surface area is 195 Å². The molecule has 2 fully saturated rings. The third-order valence-electron chi connectivity index (χ3n) is 6.24. The number of anilines is 1. The summed E-state index contributed by atoms with van der Waals surface area (Å²) in [5, 5.41) is 5.94. The molecule has 2 amide bonds. The lowest BCUT2D eigenvalue weighted by Gasteiger charge is -2.35. The van der Waals surface area contributed by atoms with Crippen LogP contribution in [-0.4, -0.2) is 50.1 Å². The maximum absolute atomic E-state index is 12.6. The second kappa shape index (κ2) is 11.2. The highest BCUT2D eigenvalue weighted by Crippen LogP contribution is 2.30. The van der Waals surface area contributed by atoms with Crippen molar-refractivity contribution in [3.05, 3.63) is 54.1 Å². The number of nitrogens with one attached hydrogen (secondary N) is 2. The van der Waals surface area contributed by atoms with E-state index in [2.05, 4.69) is 27.7 Å². The Balaban J connectivity index is 1.31. The predicted octanol–water partition coefficient (Wildman–Crippen LogP) is 3.77. The van der Waals surface area contributed by atoms with E-state index in [1.165, 1.54) is 19.3 Å². The van der Waals surface area contributed by atoms with Gasteiger partial charge in [-0.3, -0.25) is 14.5 Å². The van der Waals surface area contributed by atoms with E-state index in [4.69, 9.17) is 9.47 Å². The maximum Gasteiger partial charge on any atom is 0.258 e. The molecule has 0 radical (unpaired) electrons. The van der Waals surface area contributed by atoms with Crippen molar-refractivity contribution in [2.45, 2.75) is 38.1 Å². The van der Waals surface area contributed by atoms with Gasteiger partial charge in [0, 0.05) is 24.2 Å². The van der Waals surface area contributed by atoms with Crippen LogP contribution in [0, 0.1) is 5.92 Å². The van der Waals surface area contributed by atoms with E-state index < -0.39 is 0 Å². The van der Waals surface area contributed by atoms with Gasteiger partial charge in [0.15, 0.2) is 6.61 Å². The highest BCUT2D eigenvalue weighted by molar-refractivity contribution is 5.94. The molecule has 4 rings (SSSR count). The number of methoxy groups -OCH3 is 1. The van der Waals surface area contributed by atoms with Gasteiger partial charge < -0.3 is 20.1 Å². The second-order valence-electron chi connectivity index (χ2n) is 8.77. The summed E-state index contributed by atoms with van der Waals surface area (Å²) >= 11 is 0. The molecule has 1 aliphatic carbocycles. The van der Waals surface area contributed by atoms with Crippen molar-refractivity contribution < 1.29 is 19.1 Å². The van der Waals surface area contributed by atoms with Gasteiger partial charge in [0.25, 0.3) is 5.91 Å². The number of hydrogen-bond acceptors (Lipinski definition) is 5. The molecule has 33 heavy (non-hydrogen) atoms. The number of benzene rings is 2. The first-order chi connectivity index (χ1) is 16.1. The average Bonchev–Trinajstić information content (AvgIpc) is 3.70. The normalized spacial score (nSPS) is 17.1. The molecule has 176 valence electrons. The first kappa shape index (κ1) is 23.1. The monoisotopic (exact) mass is 451 g/mol. The standard InChI is InChI=1S/C26H33N3O4/c1-32-22-12-10-19(11-13-22)24(29-14-3-2-4-15-29)17-27-25(30)18-33-23-7-5-6-21(16-23)28-26(31)20-8-9-20/h5-7,10-13,16,20,24H,2-4,8-9,14-15,17-18H2,1H3,(H,27,30)(H,28,31). The minimum absolute atomic E-state index is 0.0483. The predicted molar refractivity (Wildman–Crippen MR) is 127 cm³/mol. The number of piperidine rings is 1. The summed E-state index contributed by atoms with van der Waals surface area (Å²) in [4.78, 5) is 27.0. The molecule has 0 aromatic heterocycles. The largest absolute Gasteiger partial charge is 0.497 e. The quantitative estimate of drug-likeness (QED) is 0.575. The highest BCUT2D eigenvalue weighted by atomic mass is 16.5. The van der Waals surface area contributed by atoms with Gasteiger partial charge in [-0.05, 0) is 68.6 Å². The molecule has 2 aromatic carbocycles. The van der Waals surface area contributed by atoms with Crippen molar-refractivity contribution in [2.75, 3.05) is 38.7 Å². The van der Waals surface area contributed by atoms with Crippen LogP contribution < -0.4 is 20.1 Å². The average molecular weight is 452 g/mol. The summed E-state index contributed by atoms with van der Waals surface area (Å²) in [6, 6.07) is 15.4. The molecule has 1 heterocycles. The first-order valence-corrected chi connectivity index (χ1v) is 11.8. The number of hydrogen-bond donors (Lipinski definition) is 2. The molecule has 0 spiro atoms. The summed E-state index contributed by atoms with van der Waals surface area (Å²) < 4.78 is 11.0. The van der Waals surface area contributed by atoms with Crippen LogP contribution in [0.2, 0.25) is 0 Å². The fraction of sp³-hybridized carbons (Fsp3) is 0.462. The van der Waals surface area contributed by atoms with Crippen LogP contribution in [0.4, 0.5) is 5.69 Å². The van der Waals surface area contributed by atoms with E-state index in [9.17, 15) is 9.59 Å². The molecule has 1 saturated heterocycles. The van der Waals surface area contributed by atoms with E-state index in [0.717, 1.165) is 37.2 Å². The van der Waals surface area contributed by atoms with Gasteiger partial charge in [-0.25, -0.2) is 0 Å². The van der Waals surface area contributed by atoms with Crippen LogP contribution in [0.25, 0.3) is 0 Å². The molecule has 1 saturated carbocycles. The molecule has 2 N–H and O–H groups in total. The summed E-state index contributed by atoms with van der Waals surface area (Å²) in [6.45, 7) is 2.51. The number of nitrogens with zero attached hydrogens (tertiary/aromatic N) is 1. The Bertz CT molecular complexity index is 937. The van der Waals surface area contributed by atoms with Crippen LogP contribution in [0.5, 0.6) is 11.5 Å². The molecular formula is C26H33N3O4. The van der Waals surface area contributed by atoms with Crippen molar-refractivity contribution in [1.29, 1.82) is 0 Å². The van der Waals surface area contributed by atoms with Gasteiger partial charge in [-0.1, -0.05) is 24.6 Å². The lowest BCUT2D eigenvalue weighted by molar-refractivity contribution is -0.123. The minimum atomic E-state index is -0.169. The zero-order valence-electron chi connectivity index (χ0n) is 19.2. The topological polar surface area (TPSA) is 79.9 Å². The van der Waals surface area contributed by atoms with E-state index >= 15 is 0 Å². The van der Waals surface area contributed by atoms with Crippen molar-refractivity contribution in [3.63, 3.8) is 0 Å². The van der Waals surface area contributed by atoms with Crippen molar-refractivity contribution in [3.8, 4) is 11.5 Å². The lowest BCUT2D eigenvalue weighted by atomic mass is 10.0. The molecule has 1 atom stereocenters. The Kier molecular flexibility index (Phi) is 7.83. The van der Waals surface area contributed by atoms with E-state index in [1.54, 1.807) is 19.2 Å². The van der Waals surface area contributed by atoms with Gasteiger partial charge in [0.05, 0.1) is 13.2 Å². The molecular weight excluding hydrogens is 418 g/mol. The number of carbonyl (C=O) groups excluding carboxylic acids is 2. The Morgan fingerprint density at radius 1 is 1.03 bits per heavy atom. The van der Waals surface area contributed by atoms with Crippen molar-refractivity contribution >= 4 is 17.5 Å². The third-order valence-corrected chi connectivity index (χ3v) is 6.24. The van der Waals surface area contributed by atoms with Crippen LogP contribution in [0.15, 0.2) is 48.5 Å². The number of carbonyl (C=O) groups is 2. The fourth-order valence-corrected chi connectivity index (χ4v) is 4.18. The number of amides is 2. The highest BCUT2D eigenvalue weighted by Gasteiger charge is 2.29. The van der Waals surface area contributed by atoms with Gasteiger partial charge >= 0.3 is 0 Å². The van der Waals surface area contributed by atoms with Crippen LogP contribution in [0.1, 0.15) is 43.7 Å². The van der Waals surface area contributed by atoms with Crippen LogP contribution >= 0.6 is 0 Å². The number of rotatable bonds is 10. The summed E-state index contributed by atoms with van der Waals surface area (Å²) in [7, 11) is 1.66. The summed E-state index contributed by atoms with van der Waals surface area (Å²) in [5.74, 6) is 1.40. The Hall–Kier alpha value is -3.06. The number of likely N-dealkylation sites (tertiary alicyclic amines) is 1. The molecule has 7 nitrogen and oxygen atoms in total. The van der Waals surface area contributed by atoms with Crippen LogP contribution in [-0.2, 0) is 9.59 Å². The SMILES string of the molecule is COc1ccc(C(CNC(=O)COc2cccc(NC(=O)C3CC3)c2)N2CCCCC2)cc1. The van der Waals surface area contributed by atoms with E-state index in [0.29, 0.717) is 18.0 Å². The fourth-order valence-electron chi connectivity index (χ4n) is 4.18. The smallest absolute Gasteiger partial charge is 0.258 e. The van der Waals surface area contributed by atoms with E-state index in [1.807, 2.05) is 24.3 Å². The molecule has 0 bridgehead atoms. The molecule has 1 unspecified atom stereocenters. The summed E-state index contributed by atoms with van der Waals surface area (Å²) in [6.07, 6.45) is 5.52. The zero-order valence-corrected chi connectivity index (χ0v) is 19.2. The van der Waals surface area contributed by atoms with Gasteiger partial charge in [0.1, 0.15) is 11.5 Å². The van der Waals surface area contributed by atoms with Crippen molar-refractivity contribution in [1.82, 2.24) is 10.2 Å². The lowest BCUT2D eigenvalue weighted by Crippen LogP contribution is -2.41. The Morgan fingerprint density at radius 2 is 1.79 bits per heavy atom. The minimum Gasteiger partial charge on any atom is -0.497 e. The van der Waals surface area contributed by atoms with Gasteiger partial charge in [0.2, 0.25) is 5.91 Å². The van der Waals surface area contributed by atoms with Gasteiger partial charge in [-0.15, -0.1) is 0 Å². The Morgan fingerprint density at radius 3 is 2.48 bits per heavy atom. The zero-order chi connectivity index (χ0) is 23.0. The first-order valence-electron chi connectivity index (χ1n) is 11.8. The molecule has 2 aromatic rings. The third kappa shape index (κ3) is 6.71. The van der Waals surface area contributed by atoms with Gasteiger partial charge in [-0.2, -0.15) is 0 Å². The summed E-state index contributed by atoms with van der Waals surface area (Å²) in [5.41, 5.74) is 1.85. The van der Waals surface area contributed by atoms with Crippen LogP contribution in [0.3, 0.4) is 0 Å². The number of ether oxygens (including phenoxy) is 2. The second-order valence-corrected chi connectivity index (χ2v) is 8.77. The van der Waals surface area contributed by atoms with E-state index in [-0.39, 0.29) is 30.4 Å². The van der Waals surface area contributed by atoms with Crippen molar-refractivity contribution in [2.24, 2.45) is 5.92 Å². The molecule has 1 aliphatic heterocycles. The molecule has 7 heteroatoms. The molecule has 2 aliphatic rings.